The summed E-state index contributed by atoms with van der Waals surface area (Å²) in [4.78, 5) is 16.2. The summed E-state index contributed by atoms with van der Waals surface area (Å²) in [5, 5.41) is 3.02. The molecule has 0 aliphatic rings. The monoisotopic (exact) mass is 296 g/mol. The van der Waals surface area contributed by atoms with Crippen molar-refractivity contribution < 1.29 is 4.79 Å². The van der Waals surface area contributed by atoms with E-state index in [1.54, 1.807) is 6.20 Å². The van der Waals surface area contributed by atoms with Gasteiger partial charge in [0.1, 0.15) is 0 Å². The van der Waals surface area contributed by atoms with Crippen LogP contribution < -0.4 is 5.32 Å². The predicted molar refractivity (Wildman–Crippen MR) is 89.7 cm³/mol. The van der Waals surface area contributed by atoms with Crippen LogP contribution in [0.2, 0.25) is 0 Å². The Morgan fingerprint density at radius 3 is 2.59 bits per heavy atom. The molecule has 0 radical (unpaired) electrons. The number of carbonyl (C=O) groups is 1. The topological polar surface area (TPSA) is 42.0 Å². The fraction of sp³-hybridized carbons (Fsp3) is 0.368. The molecule has 3 nitrogen and oxygen atoms in total. The van der Waals surface area contributed by atoms with Gasteiger partial charge in [-0.25, -0.2) is 0 Å². The maximum atomic E-state index is 12.1. The molecule has 0 bridgehead atoms. The number of amides is 1. The van der Waals surface area contributed by atoms with Crippen molar-refractivity contribution >= 4 is 5.91 Å². The van der Waals surface area contributed by atoms with E-state index in [-0.39, 0.29) is 11.3 Å². The van der Waals surface area contributed by atoms with Crippen LogP contribution in [0.3, 0.4) is 0 Å². The molecule has 0 saturated carbocycles. The summed E-state index contributed by atoms with van der Waals surface area (Å²) in [6.45, 7) is 4.92. The summed E-state index contributed by atoms with van der Waals surface area (Å²) < 4.78 is 0. The van der Waals surface area contributed by atoms with E-state index >= 15 is 0 Å². The van der Waals surface area contributed by atoms with Crippen molar-refractivity contribution in [3.63, 3.8) is 0 Å². The number of nitrogens with one attached hydrogen (secondary N) is 1. The Kier molecular flexibility index (Phi) is 5.70. The number of rotatable bonds is 7. The van der Waals surface area contributed by atoms with Crippen LogP contribution in [0.5, 0.6) is 0 Å². The Balaban J connectivity index is 1.74. The van der Waals surface area contributed by atoms with Crippen LogP contribution in [0, 0.1) is 0 Å². The van der Waals surface area contributed by atoms with Crippen LogP contribution >= 0.6 is 0 Å². The molecule has 2 rings (SSSR count). The molecule has 116 valence electrons. The first-order chi connectivity index (χ1) is 10.6. The molecule has 1 N–H and O–H groups in total. The fourth-order valence-electron chi connectivity index (χ4n) is 2.52. The minimum absolute atomic E-state index is 0.111. The third-order valence-electron chi connectivity index (χ3n) is 3.84. The van der Waals surface area contributed by atoms with Gasteiger partial charge in [-0.2, -0.15) is 0 Å². The van der Waals surface area contributed by atoms with Crippen molar-refractivity contribution in [2.45, 2.75) is 38.5 Å². The first-order valence-electron chi connectivity index (χ1n) is 7.79. The standard InChI is InChI=1S/C19H24N2O/c1-19(2,17-10-4-3-5-11-17)14-18(22)21-13-7-9-16-8-6-12-20-15-16/h3-6,8,10-12,15H,7,9,13-14H2,1-2H3,(H,21,22). The van der Waals surface area contributed by atoms with Crippen LogP contribution in [0.15, 0.2) is 54.9 Å². The fourth-order valence-corrected chi connectivity index (χ4v) is 2.52. The normalized spacial score (nSPS) is 11.2. The first-order valence-corrected chi connectivity index (χ1v) is 7.79. The van der Waals surface area contributed by atoms with Gasteiger partial charge in [-0.05, 0) is 35.4 Å². The minimum Gasteiger partial charge on any atom is -0.356 e. The Hall–Kier alpha value is -2.16. The van der Waals surface area contributed by atoms with Gasteiger partial charge in [0.2, 0.25) is 5.91 Å². The van der Waals surface area contributed by atoms with E-state index in [9.17, 15) is 4.79 Å². The predicted octanol–water partition coefficient (Wildman–Crippen LogP) is 3.50. The molecule has 1 heterocycles. The second kappa shape index (κ2) is 7.74. The third kappa shape index (κ3) is 4.99. The number of hydrogen-bond donors (Lipinski definition) is 1. The summed E-state index contributed by atoms with van der Waals surface area (Å²) in [5.41, 5.74) is 2.26. The lowest BCUT2D eigenvalue weighted by Gasteiger charge is -2.24. The van der Waals surface area contributed by atoms with Crippen molar-refractivity contribution in [1.29, 1.82) is 0 Å². The number of hydrogen-bond acceptors (Lipinski definition) is 2. The second-order valence-corrected chi connectivity index (χ2v) is 6.24. The molecule has 1 aromatic carbocycles. The van der Waals surface area contributed by atoms with Crippen molar-refractivity contribution in [2.24, 2.45) is 0 Å². The van der Waals surface area contributed by atoms with Gasteiger partial charge >= 0.3 is 0 Å². The molecule has 2 aromatic rings. The van der Waals surface area contributed by atoms with Crippen LogP contribution in [-0.4, -0.2) is 17.4 Å². The molecule has 3 heteroatoms. The van der Waals surface area contributed by atoms with E-state index in [0.717, 1.165) is 12.8 Å². The zero-order valence-electron chi connectivity index (χ0n) is 13.4. The van der Waals surface area contributed by atoms with Gasteiger partial charge in [0.25, 0.3) is 0 Å². The van der Waals surface area contributed by atoms with Gasteiger partial charge in [0, 0.05) is 25.4 Å². The van der Waals surface area contributed by atoms with Crippen LogP contribution in [0.25, 0.3) is 0 Å². The molecule has 0 fully saturated rings. The highest BCUT2D eigenvalue weighted by Crippen LogP contribution is 2.26. The summed E-state index contributed by atoms with van der Waals surface area (Å²) in [7, 11) is 0. The van der Waals surface area contributed by atoms with Gasteiger partial charge in [-0.1, -0.05) is 50.2 Å². The number of benzene rings is 1. The molecule has 0 aliphatic carbocycles. The lowest BCUT2D eigenvalue weighted by molar-refractivity contribution is -0.122. The SMILES string of the molecule is CC(C)(CC(=O)NCCCc1cccnc1)c1ccccc1. The van der Waals surface area contributed by atoms with Gasteiger partial charge in [0.05, 0.1) is 0 Å². The molecule has 1 amide bonds. The quantitative estimate of drug-likeness (QED) is 0.795. The number of aryl methyl sites for hydroxylation is 1. The van der Waals surface area contributed by atoms with Gasteiger partial charge in [-0.3, -0.25) is 9.78 Å². The molecule has 0 saturated heterocycles. The molecular weight excluding hydrogens is 272 g/mol. The Morgan fingerprint density at radius 2 is 1.91 bits per heavy atom. The maximum Gasteiger partial charge on any atom is 0.220 e. The Morgan fingerprint density at radius 1 is 1.14 bits per heavy atom. The van der Waals surface area contributed by atoms with E-state index in [1.165, 1.54) is 11.1 Å². The third-order valence-corrected chi connectivity index (χ3v) is 3.84. The van der Waals surface area contributed by atoms with Crippen LogP contribution in [-0.2, 0) is 16.6 Å². The molecule has 0 aliphatic heterocycles. The van der Waals surface area contributed by atoms with Crippen molar-refractivity contribution in [3.8, 4) is 0 Å². The molecule has 0 spiro atoms. The van der Waals surface area contributed by atoms with Crippen molar-refractivity contribution in [1.82, 2.24) is 10.3 Å². The lowest BCUT2D eigenvalue weighted by atomic mass is 9.81. The highest BCUT2D eigenvalue weighted by molar-refractivity contribution is 5.77. The van der Waals surface area contributed by atoms with Gasteiger partial charge < -0.3 is 5.32 Å². The summed E-state index contributed by atoms with van der Waals surface area (Å²) in [5.74, 6) is 0.111. The molecule has 0 unspecified atom stereocenters. The van der Waals surface area contributed by atoms with E-state index < -0.39 is 0 Å². The number of nitrogens with zero attached hydrogens (tertiary/aromatic N) is 1. The Bertz CT molecular complexity index is 579. The largest absolute Gasteiger partial charge is 0.356 e. The smallest absolute Gasteiger partial charge is 0.220 e. The minimum atomic E-state index is -0.144. The molecular formula is C19H24N2O. The van der Waals surface area contributed by atoms with Gasteiger partial charge in [0.15, 0.2) is 0 Å². The average molecular weight is 296 g/mol. The molecule has 22 heavy (non-hydrogen) atoms. The maximum absolute atomic E-state index is 12.1. The van der Waals surface area contributed by atoms with Gasteiger partial charge in [-0.15, -0.1) is 0 Å². The van der Waals surface area contributed by atoms with E-state index in [1.807, 2.05) is 30.5 Å². The number of pyridine rings is 1. The number of carbonyl (C=O) groups excluding carboxylic acids is 1. The summed E-state index contributed by atoms with van der Waals surface area (Å²) >= 11 is 0. The zero-order valence-corrected chi connectivity index (χ0v) is 13.4. The highest BCUT2D eigenvalue weighted by atomic mass is 16.1. The van der Waals surface area contributed by atoms with E-state index in [0.29, 0.717) is 13.0 Å². The average Bonchev–Trinajstić information content (AvgIpc) is 2.53. The molecule has 1 aromatic heterocycles. The van der Waals surface area contributed by atoms with Crippen LogP contribution in [0.1, 0.15) is 37.8 Å². The summed E-state index contributed by atoms with van der Waals surface area (Å²) in [6, 6.07) is 14.2. The van der Waals surface area contributed by atoms with E-state index in [4.69, 9.17) is 0 Å². The van der Waals surface area contributed by atoms with E-state index in [2.05, 4.69) is 42.3 Å². The van der Waals surface area contributed by atoms with Crippen molar-refractivity contribution in [3.05, 3.63) is 66.0 Å². The highest BCUT2D eigenvalue weighted by Gasteiger charge is 2.23. The molecule has 0 atom stereocenters. The lowest BCUT2D eigenvalue weighted by Crippen LogP contribution is -2.31. The number of aromatic nitrogens is 1. The second-order valence-electron chi connectivity index (χ2n) is 6.24. The Labute approximate surface area is 132 Å². The van der Waals surface area contributed by atoms with Crippen LogP contribution in [0.4, 0.5) is 0 Å². The zero-order chi connectivity index (χ0) is 15.8. The summed E-state index contributed by atoms with van der Waals surface area (Å²) in [6.07, 6.45) is 6.03. The first kappa shape index (κ1) is 16.2. The van der Waals surface area contributed by atoms with Crippen molar-refractivity contribution in [2.75, 3.05) is 6.54 Å².